The Kier molecular flexibility index (Phi) is 5.09. The molecule has 7 rings (SSSR count). The second-order valence-corrected chi connectivity index (χ2v) is 9.58. The monoisotopic (exact) mass is 526 g/mol. The summed E-state index contributed by atoms with van der Waals surface area (Å²) in [6.45, 7) is 0.553. The van der Waals surface area contributed by atoms with Crippen LogP contribution in [-0.2, 0) is 16.8 Å². The van der Waals surface area contributed by atoms with Gasteiger partial charge in [0.25, 0.3) is 5.91 Å². The summed E-state index contributed by atoms with van der Waals surface area (Å²) in [6, 6.07) is 20.9. The summed E-state index contributed by atoms with van der Waals surface area (Å²) in [7, 11) is 0. The molecule has 1 atom stereocenters. The maximum Gasteiger partial charge on any atom is 0.255 e. The molecule has 0 saturated heterocycles. The molecule has 0 fully saturated rings. The van der Waals surface area contributed by atoms with Gasteiger partial charge in [0.1, 0.15) is 29.4 Å². The van der Waals surface area contributed by atoms with E-state index in [0.717, 1.165) is 28.4 Å². The van der Waals surface area contributed by atoms with Crippen molar-refractivity contribution in [3.8, 4) is 17.2 Å². The Labute approximate surface area is 221 Å². The highest BCUT2D eigenvalue weighted by Gasteiger charge is 2.57. The van der Waals surface area contributed by atoms with Gasteiger partial charge >= 0.3 is 0 Å². The minimum absolute atomic E-state index is 0.114. The van der Waals surface area contributed by atoms with Gasteiger partial charge in [0.2, 0.25) is 12.7 Å². The topological polar surface area (TPSA) is 77.1 Å². The van der Waals surface area contributed by atoms with Crippen LogP contribution in [0.5, 0.6) is 17.2 Å². The van der Waals surface area contributed by atoms with Gasteiger partial charge in [-0.05, 0) is 47.5 Å². The molecule has 1 N–H and O–H groups in total. The predicted molar refractivity (Wildman–Crippen MR) is 137 cm³/mol. The van der Waals surface area contributed by atoms with Gasteiger partial charge in [0.05, 0.1) is 12.2 Å². The normalized spacial score (nSPS) is 18.2. The maximum absolute atomic E-state index is 14.1. The third-order valence-corrected chi connectivity index (χ3v) is 7.38. The Hall–Kier alpha value is -4.92. The summed E-state index contributed by atoms with van der Waals surface area (Å²) in [5.41, 5.74) is 2.34. The molecule has 9 heteroatoms. The average Bonchev–Trinajstić information content (AvgIpc) is 3.62. The van der Waals surface area contributed by atoms with Crippen LogP contribution in [-0.4, -0.2) is 25.2 Å². The lowest BCUT2D eigenvalue weighted by atomic mass is 9.77. The fourth-order valence-corrected chi connectivity index (χ4v) is 5.45. The van der Waals surface area contributed by atoms with Gasteiger partial charge in [-0.3, -0.25) is 9.59 Å². The Balaban J connectivity index is 1.16. The Morgan fingerprint density at radius 1 is 0.872 bits per heavy atom. The average molecular weight is 526 g/mol. The summed E-state index contributed by atoms with van der Waals surface area (Å²) >= 11 is 0. The van der Waals surface area contributed by atoms with Gasteiger partial charge in [-0.25, -0.2) is 8.78 Å². The predicted octanol–water partition coefficient (Wildman–Crippen LogP) is 5.17. The fourth-order valence-electron chi connectivity index (χ4n) is 5.45. The summed E-state index contributed by atoms with van der Waals surface area (Å²) in [4.78, 5) is 28.5. The highest BCUT2D eigenvalue weighted by Crippen LogP contribution is 2.55. The molecule has 194 valence electrons. The van der Waals surface area contributed by atoms with Gasteiger partial charge in [-0.2, -0.15) is 0 Å². The van der Waals surface area contributed by atoms with E-state index in [2.05, 4.69) is 5.32 Å². The smallest absolute Gasteiger partial charge is 0.255 e. The van der Waals surface area contributed by atoms with E-state index in [1.807, 2.05) is 30.3 Å². The van der Waals surface area contributed by atoms with Crippen LogP contribution >= 0.6 is 0 Å². The number of rotatable bonds is 4. The van der Waals surface area contributed by atoms with E-state index in [0.29, 0.717) is 28.9 Å². The van der Waals surface area contributed by atoms with Gasteiger partial charge in [-0.15, -0.1) is 0 Å². The van der Waals surface area contributed by atoms with E-state index >= 15 is 0 Å². The maximum atomic E-state index is 14.1. The molecule has 4 aromatic carbocycles. The molecule has 7 nitrogen and oxygen atoms in total. The van der Waals surface area contributed by atoms with Gasteiger partial charge in [-0.1, -0.05) is 30.3 Å². The number of hydrogen-bond donors (Lipinski definition) is 1. The number of para-hydroxylation sites is 1. The molecule has 0 aliphatic carbocycles. The van der Waals surface area contributed by atoms with Crippen molar-refractivity contribution in [2.24, 2.45) is 0 Å². The van der Waals surface area contributed by atoms with Gasteiger partial charge in [0, 0.05) is 28.9 Å². The van der Waals surface area contributed by atoms with E-state index in [-0.39, 0.29) is 31.5 Å². The summed E-state index contributed by atoms with van der Waals surface area (Å²) in [6.07, 6.45) is 0. The largest absolute Gasteiger partial charge is 0.491 e. The number of anilines is 2. The van der Waals surface area contributed by atoms with Gasteiger partial charge < -0.3 is 24.4 Å². The van der Waals surface area contributed by atoms with Crippen molar-refractivity contribution in [1.29, 1.82) is 0 Å². The number of nitrogens with one attached hydrogen (secondary N) is 1. The second kappa shape index (κ2) is 8.56. The van der Waals surface area contributed by atoms with Crippen molar-refractivity contribution in [2.75, 3.05) is 23.6 Å². The molecule has 0 aromatic heterocycles. The van der Waals surface area contributed by atoms with Crippen LogP contribution in [0, 0.1) is 11.6 Å². The quantitative estimate of drug-likeness (QED) is 0.397. The minimum atomic E-state index is -1.01. The molecular formula is C30H20F2N2O5. The molecule has 4 aromatic rings. The molecule has 0 radical (unpaired) electrons. The third kappa shape index (κ3) is 3.53. The number of fused-ring (bicyclic) bond motifs is 5. The summed E-state index contributed by atoms with van der Waals surface area (Å²) < 4.78 is 44.2. The van der Waals surface area contributed by atoms with Crippen LogP contribution in [0.1, 0.15) is 27.0 Å². The Bertz CT molecular complexity index is 1670. The number of halogens is 2. The molecule has 1 spiro atoms. The highest BCUT2D eigenvalue weighted by molar-refractivity contribution is 6.11. The first kappa shape index (κ1) is 23.2. The van der Waals surface area contributed by atoms with Crippen LogP contribution in [0.25, 0.3) is 0 Å². The van der Waals surface area contributed by atoms with Crippen molar-refractivity contribution >= 4 is 23.2 Å². The highest BCUT2D eigenvalue weighted by atomic mass is 19.1. The number of nitrogens with zero attached hydrogens (tertiary/aromatic N) is 1. The molecule has 0 saturated carbocycles. The zero-order valence-corrected chi connectivity index (χ0v) is 20.4. The lowest BCUT2D eigenvalue weighted by Gasteiger charge is -2.23. The molecule has 2 amide bonds. The molecule has 3 aliphatic heterocycles. The van der Waals surface area contributed by atoms with Crippen molar-refractivity contribution in [3.63, 3.8) is 0 Å². The third-order valence-electron chi connectivity index (χ3n) is 7.38. The number of amides is 2. The van der Waals surface area contributed by atoms with Crippen molar-refractivity contribution < 1.29 is 32.6 Å². The minimum Gasteiger partial charge on any atom is -0.491 e. The van der Waals surface area contributed by atoms with E-state index in [4.69, 9.17) is 14.2 Å². The van der Waals surface area contributed by atoms with Crippen molar-refractivity contribution in [3.05, 3.63) is 113 Å². The second-order valence-electron chi connectivity index (χ2n) is 9.58. The molecule has 1 unspecified atom stereocenters. The van der Waals surface area contributed by atoms with Crippen LogP contribution in [0.4, 0.5) is 20.2 Å². The van der Waals surface area contributed by atoms with Crippen LogP contribution in [0.3, 0.4) is 0 Å². The standard InChI is InChI=1S/C30H20F2N2O5/c31-19-9-10-23(22(32)11-19)33-28(35)18-7-5-17(6-8-18)14-34-24-4-2-1-3-20(24)30(29(34)36)15-37-25-13-27-26(12-21(25)30)38-16-39-27/h1-13H,14-16H2,(H,33,35). The number of carbonyl (C=O) groups is 2. The zero-order chi connectivity index (χ0) is 26.7. The summed E-state index contributed by atoms with van der Waals surface area (Å²) in [5.74, 6) is -0.473. The van der Waals surface area contributed by atoms with E-state index in [1.54, 1.807) is 35.2 Å². The Morgan fingerprint density at radius 3 is 2.44 bits per heavy atom. The molecule has 3 heterocycles. The van der Waals surface area contributed by atoms with Crippen molar-refractivity contribution in [2.45, 2.75) is 12.0 Å². The van der Waals surface area contributed by atoms with E-state index in [1.165, 1.54) is 6.07 Å². The Morgan fingerprint density at radius 2 is 1.64 bits per heavy atom. The lowest BCUT2D eigenvalue weighted by Crippen LogP contribution is -2.42. The lowest BCUT2D eigenvalue weighted by molar-refractivity contribution is -0.122. The summed E-state index contributed by atoms with van der Waals surface area (Å²) in [5, 5.41) is 2.45. The molecular weight excluding hydrogens is 506 g/mol. The molecule has 39 heavy (non-hydrogen) atoms. The number of hydrogen-bond acceptors (Lipinski definition) is 5. The number of carbonyl (C=O) groups excluding carboxylic acids is 2. The number of ether oxygens (including phenoxy) is 3. The fraction of sp³-hybridized carbons (Fsp3) is 0.133. The number of benzene rings is 4. The van der Waals surface area contributed by atoms with Crippen LogP contribution in [0.15, 0.2) is 78.9 Å². The first-order chi connectivity index (χ1) is 18.9. The first-order valence-electron chi connectivity index (χ1n) is 12.3. The first-order valence-corrected chi connectivity index (χ1v) is 12.3. The molecule has 0 bridgehead atoms. The zero-order valence-electron chi connectivity index (χ0n) is 20.4. The van der Waals surface area contributed by atoms with Crippen LogP contribution in [0.2, 0.25) is 0 Å². The van der Waals surface area contributed by atoms with Crippen molar-refractivity contribution in [1.82, 2.24) is 0 Å². The van der Waals surface area contributed by atoms with E-state index < -0.39 is 23.0 Å². The van der Waals surface area contributed by atoms with Gasteiger partial charge in [0.15, 0.2) is 11.5 Å². The van der Waals surface area contributed by atoms with Crippen LogP contribution < -0.4 is 24.4 Å². The molecule has 3 aliphatic rings. The SMILES string of the molecule is O=C(Nc1ccc(F)cc1F)c1ccc(CN2C(=O)C3(COc4cc5c(cc43)OCO5)c3ccccc32)cc1. The van der Waals surface area contributed by atoms with E-state index in [9.17, 15) is 18.4 Å².